The Kier molecular flexibility index (Phi) is 6.45. The van der Waals surface area contributed by atoms with Crippen LogP contribution in [0.15, 0.2) is 48.4 Å². The molecule has 0 spiro atoms. The lowest BCUT2D eigenvalue weighted by atomic mass is 10.2. The molecule has 3 aromatic heterocycles. The number of hydrogen-bond acceptors (Lipinski definition) is 5. The fourth-order valence-electron chi connectivity index (χ4n) is 3.12. The van der Waals surface area contributed by atoms with Crippen molar-refractivity contribution >= 4 is 17.5 Å². The maximum Gasteiger partial charge on any atom is 0.406 e. The summed E-state index contributed by atoms with van der Waals surface area (Å²) in [5.74, 6) is 0.387. The van der Waals surface area contributed by atoms with E-state index in [4.69, 9.17) is 0 Å². The molecular formula is C20H20F3N5OS. The van der Waals surface area contributed by atoms with E-state index in [1.165, 1.54) is 24.8 Å². The minimum atomic E-state index is -4.35. The van der Waals surface area contributed by atoms with Crippen LogP contribution >= 0.6 is 11.8 Å². The summed E-state index contributed by atoms with van der Waals surface area (Å²) in [5, 5.41) is 8.91. The Labute approximate surface area is 175 Å². The number of halogens is 3. The predicted molar refractivity (Wildman–Crippen MR) is 108 cm³/mol. The first-order valence-electron chi connectivity index (χ1n) is 9.05. The third-order valence-corrected chi connectivity index (χ3v) is 5.48. The molecule has 0 saturated carbocycles. The molecule has 0 aliphatic heterocycles. The third kappa shape index (κ3) is 4.81. The zero-order valence-electron chi connectivity index (χ0n) is 16.5. The molecule has 3 rings (SSSR count). The summed E-state index contributed by atoms with van der Waals surface area (Å²) in [7, 11) is 0. The molecule has 158 valence electrons. The number of allylic oxidation sites excluding steroid dienone is 1. The van der Waals surface area contributed by atoms with Crippen molar-refractivity contribution in [1.82, 2.24) is 24.3 Å². The number of carbonyl (C=O) groups excluding carboxylic acids is 1. The molecule has 0 aromatic carbocycles. The topological polar surface area (TPSA) is 65.6 Å². The smallest absolute Gasteiger partial charge is 0.339 e. The van der Waals surface area contributed by atoms with E-state index in [9.17, 15) is 18.0 Å². The highest BCUT2D eigenvalue weighted by Gasteiger charge is 2.30. The van der Waals surface area contributed by atoms with Crippen molar-refractivity contribution in [3.63, 3.8) is 0 Å². The van der Waals surface area contributed by atoms with Crippen LogP contribution < -0.4 is 0 Å². The molecular weight excluding hydrogens is 415 g/mol. The molecule has 10 heteroatoms. The third-order valence-electron chi connectivity index (χ3n) is 4.51. The van der Waals surface area contributed by atoms with E-state index in [1.807, 2.05) is 4.57 Å². The van der Waals surface area contributed by atoms with Gasteiger partial charge in [-0.25, -0.2) is 0 Å². The molecule has 0 fully saturated rings. The fraction of sp³-hybridized carbons (Fsp3) is 0.300. The van der Waals surface area contributed by atoms with Crippen LogP contribution in [-0.4, -0.2) is 42.0 Å². The summed E-state index contributed by atoms with van der Waals surface area (Å²) in [6.07, 6.45) is 0.642. The molecule has 0 atom stereocenters. The van der Waals surface area contributed by atoms with E-state index in [0.717, 1.165) is 10.1 Å². The van der Waals surface area contributed by atoms with Crippen LogP contribution in [0, 0.1) is 13.8 Å². The second-order valence-corrected chi connectivity index (χ2v) is 7.58. The summed E-state index contributed by atoms with van der Waals surface area (Å²) in [4.78, 5) is 16.7. The lowest BCUT2D eigenvalue weighted by Gasteiger charge is -2.12. The number of Topliss-reactive ketones (excluding diaryl/α,β-unsaturated/α-hetero) is 1. The van der Waals surface area contributed by atoms with Crippen LogP contribution in [-0.2, 0) is 13.1 Å². The number of aromatic nitrogens is 5. The number of pyridine rings is 1. The quantitative estimate of drug-likeness (QED) is 0.297. The predicted octanol–water partition coefficient (Wildman–Crippen LogP) is 4.48. The summed E-state index contributed by atoms with van der Waals surface area (Å²) in [6, 6.07) is 5.11. The van der Waals surface area contributed by atoms with E-state index in [1.54, 1.807) is 37.5 Å². The molecule has 0 N–H and O–H groups in total. The van der Waals surface area contributed by atoms with Gasteiger partial charge in [0.15, 0.2) is 16.8 Å². The zero-order chi connectivity index (χ0) is 21.9. The molecule has 3 heterocycles. The zero-order valence-corrected chi connectivity index (χ0v) is 17.3. The molecule has 30 heavy (non-hydrogen) atoms. The first kappa shape index (κ1) is 21.8. The molecule has 0 unspecified atom stereocenters. The number of rotatable bonds is 8. The molecule has 0 aliphatic rings. The second kappa shape index (κ2) is 8.86. The molecule has 0 aliphatic carbocycles. The summed E-state index contributed by atoms with van der Waals surface area (Å²) >= 11 is 1.19. The highest BCUT2D eigenvalue weighted by molar-refractivity contribution is 7.99. The second-order valence-electron chi connectivity index (χ2n) is 6.64. The van der Waals surface area contributed by atoms with Gasteiger partial charge in [-0.05, 0) is 32.0 Å². The Morgan fingerprint density at radius 1 is 1.20 bits per heavy atom. The van der Waals surface area contributed by atoms with Crippen molar-refractivity contribution < 1.29 is 18.0 Å². The van der Waals surface area contributed by atoms with Crippen molar-refractivity contribution in [2.24, 2.45) is 0 Å². The SMILES string of the molecule is C=CCn1c(SCC(=O)c2cc(C)n(CC(F)(F)F)c2C)nnc1-c1ccncc1. The molecule has 0 bridgehead atoms. The Balaban J connectivity index is 1.79. The Bertz CT molecular complexity index is 1060. The van der Waals surface area contributed by atoms with Crippen LogP contribution in [0.25, 0.3) is 11.4 Å². The van der Waals surface area contributed by atoms with Gasteiger partial charge in [0.1, 0.15) is 6.54 Å². The van der Waals surface area contributed by atoms with Gasteiger partial charge in [0, 0.05) is 41.5 Å². The van der Waals surface area contributed by atoms with Crippen molar-refractivity contribution in [1.29, 1.82) is 0 Å². The number of alkyl halides is 3. The Hall–Kier alpha value is -2.88. The first-order valence-corrected chi connectivity index (χ1v) is 10.0. The van der Waals surface area contributed by atoms with Crippen molar-refractivity contribution in [2.75, 3.05) is 5.75 Å². The van der Waals surface area contributed by atoms with E-state index >= 15 is 0 Å². The van der Waals surface area contributed by atoms with Gasteiger partial charge in [-0.2, -0.15) is 13.2 Å². The van der Waals surface area contributed by atoms with Gasteiger partial charge >= 0.3 is 6.18 Å². The fourth-order valence-corrected chi connectivity index (χ4v) is 3.95. The Morgan fingerprint density at radius 2 is 1.90 bits per heavy atom. The highest BCUT2D eigenvalue weighted by Crippen LogP contribution is 2.27. The number of carbonyl (C=O) groups is 1. The lowest BCUT2D eigenvalue weighted by Crippen LogP contribution is -2.19. The van der Waals surface area contributed by atoms with Crippen molar-refractivity contribution in [3.8, 4) is 11.4 Å². The van der Waals surface area contributed by atoms with Gasteiger partial charge in [-0.15, -0.1) is 16.8 Å². The molecule has 3 aromatic rings. The van der Waals surface area contributed by atoms with Crippen LogP contribution in [0.4, 0.5) is 13.2 Å². The summed E-state index contributed by atoms with van der Waals surface area (Å²) in [5.41, 5.74) is 1.81. The van der Waals surface area contributed by atoms with Crippen molar-refractivity contribution in [3.05, 3.63) is 60.2 Å². The van der Waals surface area contributed by atoms with Crippen molar-refractivity contribution in [2.45, 2.75) is 38.3 Å². The van der Waals surface area contributed by atoms with E-state index in [0.29, 0.717) is 28.9 Å². The van der Waals surface area contributed by atoms with E-state index < -0.39 is 12.7 Å². The van der Waals surface area contributed by atoms with Gasteiger partial charge in [0.05, 0.1) is 5.75 Å². The monoisotopic (exact) mass is 435 g/mol. The average molecular weight is 435 g/mol. The maximum absolute atomic E-state index is 12.8. The minimum absolute atomic E-state index is 0.0297. The van der Waals surface area contributed by atoms with Gasteiger partial charge in [0.2, 0.25) is 0 Å². The summed E-state index contributed by atoms with van der Waals surface area (Å²) in [6.45, 7) is 6.16. The van der Waals surface area contributed by atoms with E-state index in [2.05, 4.69) is 21.8 Å². The van der Waals surface area contributed by atoms with E-state index in [-0.39, 0.29) is 17.1 Å². The number of nitrogens with zero attached hydrogens (tertiary/aromatic N) is 5. The minimum Gasteiger partial charge on any atom is -0.339 e. The van der Waals surface area contributed by atoms with Crippen LogP contribution in [0.1, 0.15) is 21.7 Å². The normalized spacial score (nSPS) is 11.6. The number of thioether (sulfide) groups is 1. The number of ketones is 1. The molecule has 0 amide bonds. The van der Waals surface area contributed by atoms with Gasteiger partial charge in [-0.3, -0.25) is 14.3 Å². The molecule has 0 saturated heterocycles. The molecule has 6 nitrogen and oxygen atoms in total. The average Bonchev–Trinajstić information content (AvgIpc) is 3.22. The highest BCUT2D eigenvalue weighted by atomic mass is 32.2. The van der Waals surface area contributed by atoms with Crippen LogP contribution in [0.2, 0.25) is 0 Å². The first-order chi connectivity index (χ1) is 14.2. The summed E-state index contributed by atoms with van der Waals surface area (Å²) < 4.78 is 41.3. The van der Waals surface area contributed by atoms with Gasteiger partial charge < -0.3 is 4.57 Å². The molecule has 0 radical (unpaired) electrons. The number of hydrogen-bond donors (Lipinski definition) is 0. The van der Waals surface area contributed by atoms with Gasteiger partial charge in [-0.1, -0.05) is 17.8 Å². The maximum atomic E-state index is 12.8. The van der Waals surface area contributed by atoms with Gasteiger partial charge in [0.25, 0.3) is 0 Å². The lowest BCUT2D eigenvalue weighted by molar-refractivity contribution is -0.141. The van der Waals surface area contributed by atoms with Crippen LogP contribution in [0.5, 0.6) is 0 Å². The number of aryl methyl sites for hydroxylation is 1. The largest absolute Gasteiger partial charge is 0.406 e. The Morgan fingerprint density at radius 3 is 2.53 bits per heavy atom. The standard InChI is InChI=1S/C20H20F3N5OS/c1-4-9-27-18(15-5-7-24-8-6-15)25-26-19(27)30-11-17(29)16-10-13(2)28(14(16)3)12-20(21,22)23/h4-8,10H,1,9,11-12H2,2-3H3. The van der Waals surface area contributed by atoms with Crippen LogP contribution in [0.3, 0.4) is 0 Å².